The van der Waals surface area contributed by atoms with Gasteiger partial charge in [-0.2, -0.15) is 0 Å². The number of rotatable bonds is 3. The summed E-state index contributed by atoms with van der Waals surface area (Å²) in [6, 6.07) is 10.2. The molecule has 3 nitrogen and oxygen atoms in total. The molecule has 16 heavy (non-hydrogen) atoms. The molecule has 1 N–H and O–H groups in total. The average Bonchev–Trinajstić information content (AvgIpc) is 2.61. The molecule has 1 heterocycles. The summed E-state index contributed by atoms with van der Waals surface area (Å²) in [5.74, 6) is 0.194. The largest absolute Gasteiger partial charge is 0.311 e. The van der Waals surface area contributed by atoms with Gasteiger partial charge in [-0.3, -0.25) is 4.79 Å². The van der Waals surface area contributed by atoms with Crippen LogP contribution in [0.5, 0.6) is 0 Å². The maximum atomic E-state index is 12.1. The number of anilines is 1. The van der Waals surface area contributed by atoms with Crippen LogP contribution < -0.4 is 10.2 Å². The molecule has 0 aliphatic carbocycles. The number of amides is 1. The molecule has 0 radical (unpaired) electrons. The van der Waals surface area contributed by atoms with Crippen LogP contribution in [0.25, 0.3) is 0 Å². The third kappa shape index (κ3) is 2.25. The number of hydrogen-bond donors (Lipinski definition) is 1. The summed E-state index contributed by atoms with van der Waals surface area (Å²) in [4.78, 5) is 14.0. The number of nitrogens with one attached hydrogen (secondary N) is 1. The molecule has 0 bridgehead atoms. The van der Waals surface area contributed by atoms with Gasteiger partial charge in [0, 0.05) is 18.3 Å². The van der Waals surface area contributed by atoms with Gasteiger partial charge in [-0.05, 0) is 18.6 Å². The molecule has 1 amide bonds. The molecule has 1 unspecified atom stereocenters. The van der Waals surface area contributed by atoms with Gasteiger partial charge in [0.2, 0.25) is 5.91 Å². The highest BCUT2D eigenvalue weighted by Crippen LogP contribution is 2.21. The van der Waals surface area contributed by atoms with Crippen LogP contribution in [-0.4, -0.2) is 24.5 Å². The van der Waals surface area contributed by atoms with E-state index < -0.39 is 0 Å². The molecule has 0 aromatic heterocycles. The van der Waals surface area contributed by atoms with Crippen molar-refractivity contribution in [3.8, 4) is 0 Å². The van der Waals surface area contributed by atoms with E-state index in [1.165, 1.54) is 0 Å². The van der Waals surface area contributed by atoms with Crippen LogP contribution in [0.1, 0.15) is 20.3 Å². The Morgan fingerprint density at radius 2 is 2.00 bits per heavy atom. The van der Waals surface area contributed by atoms with Crippen LogP contribution in [-0.2, 0) is 4.79 Å². The minimum atomic E-state index is -0.0137. The highest BCUT2D eigenvalue weighted by atomic mass is 16.2. The lowest BCUT2D eigenvalue weighted by Gasteiger charge is -2.18. The molecule has 86 valence electrons. The Morgan fingerprint density at radius 1 is 1.31 bits per heavy atom. The average molecular weight is 218 g/mol. The molecule has 0 spiro atoms. The number of nitrogens with zero attached hydrogens (tertiary/aromatic N) is 1. The van der Waals surface area contributed by atoms with Gasteiger partial charge in [-0.1, -0.05) is 32.0 Å². The fourth-order valence-electron chi connectivity index (χ4n) is 2.10. The van der Waals surface area contributed by atoms with Gasteiger partial charge in [0.15, 0.2) is 0 Å². The second-order valence-corrected chi connectivity index (χ2v) is 4.49. The van der Waals surface area contributed by atoms with E-state index >= 15 is 0 Å². The topological polar surface area (TPSA) is 32.3 Å². The Hall–Kier alpha value is -1.35. The summed E-state index contributed by atoms with van der Waals surface area (Å²) in [5.41, 5.74) is 1.00. The second-order valence-electron chi connectivity index (χ2n) is 4.49. The van der Waals surface area contributed by atoms with Crippen molar-refractivity contribution in [1.82, 2.24) is 5.32 Å². The zero-order valence-electron chi connectivity index (χ0n) is 9.81. The molecule has 1 atom stereocenters. The summed E-state index contributed by atoms with van der Waals surface area (Å²) < 4.78 is 0. The number of carbonyl (C=O) groups is 1. The van der Waals surface area contributed by atoms with Crippen molar-refractivity contribution in [3.63, 3.8) is 0 Å². The first kappa shape index (κ1) is 11.1. The SMILES string of the molecule is CC(C)NC1CCN(c2ccccc2)C1=O. The molecular weight excluding hydrogens is 200 g/mol. The molecule has 1 aliphatic heterocycles. The Labute approximate surface area is 96.5 Å². The quantitative estimate of drug-likeness (QED) is 0.839. The third-order valence-corrected chi connectivity index (χ3v) is 2.81. The molecule has 1 aliphatic rings. The first-order chi connectivity index (χ1) is 7.68. The summed E-state index contributed by atoms with van der Waals surface area (Å²) >= 11 is 0. The van der Waals surface area contributed by atoms with Crippen LogP contribution in [0.4, 0.5) is 5.69 Å². The van der Waals surface area contributed by atoms with E-state index in [4.69, 9.17) is 0 Å². The number of carbonyl (C=O) groups excluding carboxylic acids is 1. The van der Waals surface area contributed by atoms with Gasteiger partial charge in [0.05, 0.1) is 6.04 Å². The van der Waals surface area contributed by atoms with Gasteiger partial charge >= 0.3 is 0 Å². The van der Waals surface area contributed by atoms with Crippen LogP contribution in [0.2, 0.25) is 0 Å². The number of para-hydroxylation sites is 1. The monoisotopic (exact) mass is 218 g/mol. The Kier molecular flexibility index (Phi) is 3.25. The lowest BCUT2D eigenvalue weighted by molar-refractivity contribution is -0.118. The van der Waals surface area contributed by atoms with E-state index in [1.54, 1.807) is 0 Å². The summed E-state index contributed by atoms with van der Waals surface area (Å²) in [5, 5.41) is 3.30. The fraction of sp³-hybridized carbons (Fsp3) is 0.462. The molecule has 1 fully saturated rings. The summed E-state index contributed by atoms with van der Waals surface area (Å²) in [7, 11) is 0. The molecule has 1 aromatic carbocycles. The van der Waals surface area contributed by atoms with Crippen molar-refractivity contribution < 1.29 is 4.79 Å². The van der Waals surface area contributed by atoms with E-state index in [2.05, 4.69) is 19.2 Å². The fourth-order valence-corrected chi connectivity index (χ4v) is 2.10. The lowest BCUT2D eigenvalue weighted by atomic mass is 10.2. The van der Waals surface area contributed by atoms with Crippen LogP contribution >= 0.6 is 0 Å². The standard InChI is InChI=1S/C13H18N2O/c1-10(2)14-12-8-9-15(13(12)16)11-6-4-3-5-7-11/h3-7,10,12,14H,8-9H2,1-2H3. The second kappa shape index (κ2) is 4.66. The van der Waals surface area contributed by atoms with Crippen molar-refractivity contribution in [2.45, 2.75) is 32.4 Å². The van der Waals surface area contributed by atoms with Crippen molar-refractivity contribution in [2.24, 2.45) is 0 Å². The van der Waals surface area contributed by atoms with E-state index in [9.17, 15) is 4.79 Å². The smallest absolute Gasteiger partial charge is 0.244 e. The van der Waals surface area contributed by atoms with Crippen LogP contribution in [0.3, 0.4) is 0 Å². The highest BCUT2D eigenvalue weighted by molar-refractivity contribution is 5.99. The van der Waals surface area contributed by atoms with E-state index in [1.807, 2.05) is 35.2 Å². The molecule has 2 rings (SSSR count). The first-order valence-electron chi connectivity index (χ1n) is 5.81. The Balaban J connectivity index is 2.08. The summed E-state index contributed by atoms with van der Waals surface area (Å²) in [6.07, 6.45) is 0.895. The maximum absolute atomic E-state index is 12.1. The maximum Gasteiger partial charge on any atom is 0.244 e. The molecule has 3 heteroatoms. The van der Waals surface area contributed by atoms with Crippen molar-refractivity contribution in [3.05, 3.63) is 30.3 Å². The van der Waals surface area contributed by atoms with Crippen LogP contribution in [0.15, 0.2) is 30.3 Å². The predicted molar refractivity (Wildman–Crippen MR) is 65.5 cm³/mol. The molecule has 0 saturated carbocycles. The Bertz CT molecular complexity index is 361. The lowest BCUT2D eigenvalue weighted by Crippen LogP contribution is -2.41. The Morgan fingerprint density at radius 3 is 2.62 bits per heavy atom. The number of hydrogen-bond acceptors (Lipinski definition) is 2. The van der Waals surface area contributed by atoms with Crippen LogP contribution in [0, 0.1) is 0 Å². The van der Waals surface area contributed by atoms with Crippen molar-refractivity contribution in [2.75, 3.05) is 11.4 Å². The van der Waals surface area contributed by atoms with Gasteiger partial charge < -0.3 is 10.2 Å². The first-order valence-corrected chi connectivity index (χ1v) is 5.81. The van der Waals surface area contributed by atoms with Gasteiger partial charge in [-0.15, -0.1) is 0 Å². The van der Waals surface area contributed by atoms with Crippen molar-refractivity contribution in [1.29, 1.82) is 0 Å². The normalized spacial score (nSPS) is 20.8. The van der Waals surface area contributed by atoms with E-state index in [0.29, 0.717) is 6.04 Å². The van der Waals surface area contributed by atoms with Gasteiger partial charge in [0.1, 0.15) is 0 Å². The molecular formula is C13H18N2O. The zero-order chi connectivity index (χ0) is 11.5. The van der Waals surface area contributed by atoms with Gasteiger partial charge in [0.25, 0.3) is 0 Å². The molecule has 1 saturated heterocycles. The van der Waals surface area contributed by atoms with Crippen molar-refractivity contribution >= 4 is 11.6 Å². The van der Waals surface area contributed by atoms with Gasteiger partial charge in [-0.25, -0.2) is 0 Å². The molecule has 1 aromatic rings. The minimum Gasteiger partial charge on any atom is -0.311 e. The summed E-state index contributed by atoms with van der Waals surface area (Å²) in [6.45, 7) is 4.95. The van der Waals surface area contributed by atoms with E-state index in [-0.39, 0.29) is 11.9 Å². The number of benzene rings is 1. The minimum absolute atomic E-state index is 0.0137. The van der Waals surface area contributed by atoms with E-state index in [0.717, 1.165) is 18.7 Å². The third-order valence-electron chi connectivity index (χ3n) is 2.81. The zero-order valence-corrected chi connectivity index (χ0v) is 9.81. The predicted octanol–water partition coefficient (Wildman–Crippen LogP) is 1.79. The highest BCUT2D eigenvalue weighted by Gasteiger charge is 2.32.